The predicted molar refractivity (Wildman–Crippen MR) is 111 cm³/mol. The van der Waals surface area contributed by atoms with E-state index in [0.717, 1.165) is 6.08 Å². The minimum atomic E-state index is -0.609. The fraction of sp³-hybridized carbons (Fsp3) is 0.545. The molecule has 1 aliphatic rings. The molecule has 1 amide bonds. The molecule has 0 atom stereocenters. The number of carbonyl (C=O) groups is 2. The highest BCUT2D eigenvalue weighted by Crippen LogP contribution is 2.39. The van der Waals surface area contributed by atoms with Crippen molar-refractivity contribution < 1.29 is 33.3 Å². The van der Waals surface area contributed by atoms with Gasteiger partial charge in [0.1, 0.15) is 18.3 Å². The van der Waals surface area contributed by atoms with Crippen molar-refractivity contribution in [2.24, 2.45) is 0 Å². The van der Waals surface area contributed by atoms with Crippen LogP contribution < -0.4 is 14.2 Å². The number of hydrogen-bond donors (Lipinski definition) is 0. The average Bonchev–Trinajstić information content (AvgIpc) is 2.69. The number of esters is 1. The third-order valence-electron chi connectivity index (χ3n) is 4.24. The Balaban J connectivity index is 2.05. The van der Waals surface area contributed by atoms with Crippen LogP contribution in [-0.4, -0.2) is 62.1 Å². The fourth-order valence-electron chi connectivity index (χ4n) is 2.84. The van der Waals surface area contributed by atoms with E-state index in [0.29, 0.717) is 50.6 Å². The van der Waals surface area contributed by atoms with Crippen molar-refractivity contribution in [2.75, 3.05) is 33.4 Å². The minimum absolute atomic E-state index is 0.140. The molecule has 8 heteroatoms. The minimum Gasteiger partial charge on any atom is -0.487 e. The summed E-state index contributed by atoms with van der Waals surface area (Å²) >= 11 is 0. The van der Waals surface area contributed by atoms with Crippen LogP contribution in [0.3, 0.4) is 0 Å². The zero-order chi connectivity index (χ0) is 22.1. The highest BCUT2D eigenvalue weighted by molar-refractivity contribution is 5.84. The van der Waals surface area contributed by atoms with Crippen LogP contribution >= 0.6 is 0 Å². The molecule has 30 heavy (non-hydrogen) atoms. The second-order valence-electron chi connectivity index (χ2n) is 7.83. The molecule has 2 rings (SSSR count). The highest BCUT2D eigenvalue weighted by atomic mass is 16.6. The molecule has 0 spiro atoms. The van der Waals surface area contributed by atoms with Crippen molar-refractivity contribution in [2.45, 2.75) is 45.3 Å². The maximum atomic E-state index is 12.2. The Hall–Kier alpha value is -2.74. The number of benzene rings is 1. The van der Waals surface area contributed by atoms with Crippen molar-refractivity contribution in [3.8, 4) is 17.2 Å². The number of hydrogen-bond acceptors (Lipinski definition) is 7. The van der Waals surface area contributed by atoms with Crippen molar-refractivity contribution in [1.29, 1.82) is 0 Å². The summed E-state index contributed by atoms with van der Waals surface area (Å²) in [7, 11) is 1.57. The van der Waals surface area contributed by atoms with E-state index in [9.17, 15) is 9.59 Å². The maximum absolute atomic E-state index is 12.2. The first-order valence-electron chi connectivity index (χ1n) is 9.97. The van der Waals surface area contributed by atoms with Gasteiger partial charge in [-0.05, 0) is 32.9 Å². The molecule has 0 aliphatic carbocycles. The summed E-state index contributed by atoms with van der Waals surface area (Å²) in [6, 6.07) is 5.17. The fourth-order valence-corrected chi connectivity index (χ4v) is 2.84. The first-order valence-corrected chi connectivity index (χ1v) is 9.97. The summed E-state index contributed by atoms with van der Waals surface area (Å²) in [6.07, 6.45) is 1.87. The molecule has 0 bridgehead atoms. The Kier molecular flexibility index (Phi) is 8.53. The van der Waals surface area contributed by atoms with Gasteiger partial charge in [-0.25, -0.2) is 9.59 Å². The smallest absolute Gasteiger partial charge is 0.410 e. The third-order valence-corrected chi connectivity index (χ3v) is 4.24. The summed E-state index contributed by atoms with van der Waals surface area (Å²) in [6.45, 7) is 10.7. The summed E-state index contributed by atoms with van der Waals surface area (Å²) in [5.41, 5.74) is -0.530. The summed E-state index contributed by atoms with van der Waals surface area (Å²) in [5.74, 6) is 0.372. The molecule has 1 aromatic carbocycles. The Morgan fingerprint density at radius 3 is 2.43 bits per heavy atom. The van der Waals surface area contributed by atoms with Gasteiger partial charge in [0.2, 0.25) is 5.75 Å². The second-order valence-corrected chi connectivity index (χ2v) is 7.83. The first-order chi connectivity index (χ1) is 14.2. The Morgan fingerprint density at radius 2 is 1.83 bits per heavy atom. The molecule has 0 aromatic heterocycles. The van der Waals surface area contributed by atoms with Crippen LogP contribution in [0.25, 0.3) is 0 Å². The number of ether oxygens (including phenoxy) is 5. The zero-order valence-corrected chi connectivity index (χ0v) is 18.1. The van der Waals surface area contributed by atoms with Gasteiger partial charge in [0.15, 0.2) is 11.5 Å². The van der Waals surface area contributed by atoms with Gasteiger partial charge >= 0.3 is 12.1 Å². The monoisotopic (exact) mass is 421 g/mol. The Morgan fingerprint density at radius 1 is 1.17 bits per heavy atom. The molecule has 8 nitrogen and oxygen atoms in total. The molecule has 166 valence electrons. The average molecular weight is 421 g/mol. The van der Waals surface area contributed by atoms with Crippen LogP contribution in [0.5, 0.6) is 17.2 Å². The van der Waals surface area contributed by atoms with Gasteiger partial charge in [-0.2, -0.15) is 0 Å². The molecular formula is C22H31NO7. The van der Waals surface area contributed by atoms with Crippen molar-refractivity contribution >= 4 is 12.1 Å². The zero-order valence-electron chi connectivity index (χ0n) is 18.1. The quantitative estimate of drug-likeness (QED) is 0.275. The van der Waals surface area contributed by atoms with Gasteiger partial charge < -0.3 is 28.6 Å². The van der Waals surface area contributed by atoms with Crippen LogP contribution in [0, 0.1) is 0 Å². The van der Waals surface area contributed by atoms with Gasteiger partial charge in [0.25, 0.3) is 0 Å². The number of likely N-dealkylation sites (tertiary alicyclic amines) is 1. The molecule has 1 fully saturated rings. The molecule has 0 unspecified atom stereocenters. The third kappa shape index (κ3) is 7.26. The van der Waals surface area contributed by atoms with Crippen LogP contribution in [0.1, 0.15) is 33.6 Å². The lowest BCUT2D eigenvalue weighted by Gasteiger charge is -2.33. The number of carbonyl (C=O) groups excluding carboxylic acids is 2. The van der Waals surface area contributed by atoms with E-state index in [2.05, 4.69) is 6.58 Å². The number of rotatable bonds is 8. The second kappa shape index (κ2) is 10.9. The lowest BCUT2D eigenvalue weighted by atomic mass is 10.1. The maximum Gasteiger partial charge on any atom is 0.410 e. The van der Waals surface area contributed by atoms with E-state index >= 15 is 0 Å². The van der Waals surface area contributed by atoms with Crippen LogP contribution in [0.15, 0.2) is 30.9 Å². The Labute approximate surface area is 177 Å². The van der Waals surface area contributed by atoms with Gasteiger partial charge in [-0.3, -0.25) is 0 Å². The molecular weight excluding hydrogens is 390 g/mol. The van der Waals surface area contributed by atoms with Crippen LogP contribution in [0.4, 0.5) is 4.79 Å². The number of para-hydroxylation sites is 1. The van der Waals surface area contributed by atoms with E-state index in [1.54, 1.807) is 30.2 Å². The number of amides is 1. The molecule has 1 aliphatic heterocycles. The van der Waals surface area contributed by atoms with E-state index in [1.807, 2.05) is 20.8 Å². The number of nitrogens with zero attached hydrogens (tertiary/aromatic N) is 1. The molecule has 1 heterocycles. The number of piperidine rings is 1. The van der Waals surface area contributed by atoms with Gasteiger partial charge in [-0.1, -0.05) is 12.6 Å². The normalized spacial score (nSPS) is 14.7. The first kappa shape index (κ1) is 23.5. The predicted octanol–water partition coefficient (Wildman–Crippen LogP) is 3.58. The lowest BCUT2D eigenvalue weighted by molar-refractivity contribution is -0.129. The molecule has 0 saturated carbocycles. The van der Waals surface area contributed by atoms with Crippen LogP contribution in [-0.2, 0) is 14.3 Å². The molecule has 0 radical (unpaired) electrons. The summed E-state index contributed by atoms with van der Waals surface area (Å²) in [5, 5.41) is 0. The summed E-state index contributed by atoms with van der Waals surface area (Å²) < 4.78 is 27.6. The molecule has 1 aromatic rings. The van der Waals surface area contributed by atoms with E-state index in [-0.39, 0.29) is 17.9 Å². The van der Waals surface area contributed by atoms with E-state index < -0.39 is 11.6 Å². The van der Waals surface area contributed by atoms with Gasteiger partial charge in [0, 0.05) is 39.1 Å². The van der Waals surface area contributed by atoms with E-state index in [4.69, 9.17) is 23.7 Å². The van der Waals surface area contributed by atoms with Crippen molar-refractivity contribution in [1.82, 2.24) is 4.90 Å². The molecule has 0 N–H and O–H groups in total. The largest absolute Gasteiger partial charge is 0.487 e. The topological polar surface area (TPSA) is 83.5 Å². The van der Waals surface area contributed by atoms with Gasteiger partial charge in [-0.15, -0.1) is 0 Å². The van der Waals surface area contributed by atoms with Gasteiger partial charge in [0.05, 0.1) is 6.61 Å². The lowest BCUT2D eigenvalue weighted by Crippen LogP contribution is -2.44. The van der Waals surface area contributed by atoms with E-state index in [1.165, 1.54) is 0 Å². The highest BCUT2D eigenvalue weighted by Gasteiger charge is 2.28. The van der Waals surface area contributed by atoms with Crippen LogP contribution in [0.2, 0.25) is 0 Å². The Bertz CT molecular complexity index is 733. The standard InChI is InChI=1S/C22H31NO7/c1-6-19(24)29-20-17(27-15-14-26-5)8-7-9-18(20)28-16-10-12-23(13-11-16)21(25)30-22(2,3)4/h6-9,16H,1,10-15H2,2-5H3. The molecule has 1 saturated heterocycles. The van der Waals surface area contributed by atoms with Crippen molar-refractivity contribution in [3.63, 3.8) is 0 Å². The number of methoxy groups -OCH3 is 1. The SMILES string of the molecule is C=CC(=O)Oc1c(OCCOC)cccc1OC1CCN(C(=O)OC(C)(C)C)CC1. The summed E-state index contributed by atoms with van der Waals surface area (Å²) in [4.78, 5) is 25.7. The van der Waals surface area contributed by atoms with Crippen molar-refractivity contribution in [3.05, 3.63) is 30.9 Å².